The third-order valence-corrected chi connectivity index (χ3v) is 3.00. The van der Waals surface area contributed by atoms with E-state index >= 15 is 0 Å². The predicted molar refractivity (Wildman–Crippen MR) is 60.4 cm³/mol. The van der Waals surface area contributed by atoms with Gasteiger partial charge < -0.3 is 5.73 Å². The number of tetrazole rings is 1. The monoisotopic (exact) mass is 252 g/mol. The minimum absolute atomic E-state index is 0.106. The fourth-order valence-electron chi connectivity index (χ4n) is 1.18. The Kier molecular flexibility index (Phi) is 2.91. The SMILES string of the molecule is Cn1nnnc1Sc1ccc([N+](=O)[O-])c(N)c1. The first-order valence-electron chi connectivity index (χ1n) is 4.52. The number of aryl methyl sites for hydroxylation is 1. The van der Waals surface area contributed by atoms with Gasteiger partial charge in [0.15, 0.2) is 0 Å². The number of nitrogen functional groups attached to an aromatic ring is 1. The van der Waals surface area contributed by atoms with Crippen LogP contribution in [0.2, 0.25) is 0 Å². The van der Waals surface area contributed by atoms with Crippen LogP contribution >= 0.6 is 11.8 Å². The van der Waals surface area contributed by atoms with Crippen molar-refractivity contribution in [3.63, 3.8) is 0 Å². The van der Waals surface area contributed by atoms with Gasteiger partial charge in [0.2, 0.25) is 5.16 Å². The molecule has 0 atom stereocenters. The first-order valence-corrected chi connectivity index (χ1v) is 5.33. The van der Waals surface area contributed by atoms with Crippen molar-refractivity contribution in [3.05, 3.63) is 28.3 Å². The van der Waals surface area contributed by atoms with Gasteiger partial charge in [0, 0.05) is 18.0 Å². The third kappa shape index (κ3) is 2.33. The number of nitrogens with zero attached hydrogens (tertiary/aromatic N) is 5. The average Bonchev–Trinajstić information content (AvgIpc) is 2.64. The van der Waals surface area contributed by atoms with E-state index in [1.165, 1.54) is 28.6 Å². The molecule has 1 aromatic carbocycles. The molecule has 0 aliphatic carbocycles. The molecule has 0 aliphatic heterocycles. The summed E-state index contributed by atoms with van der Waals surface area (Å²) in [4.78, 5) is 10.8. The van der Waals surface area contributed by atoms with Crippen LogP contribution in [0.3, 0.4) is 0 Å². The molecule has 1 aromatic heterocycles. The quantitative estimate of drug-likeness (QED) is 0.489. The molecule has 8 nitrogen and oxygen atoms in total. The maximum atomic E-state index is 10.6. The van der Waals surface area contributed by atoms with Gasteiger partial charge in [0.25, 0.3) is 5.69 Å². The first-order chi connectivity index (χ1) is 8.08. The number of benzene rings is 1. The summed E-state index contributed by atoms with van der Waals surface area (Å²) in [6, 6.07) is 4.49. The van der Waals surface area contributed by atoms with Crippen LogP contribution in [-0.2, 0) is 7.05 Å². The number of hydrogen-bond donors (Lipinski definition) is 1. The Labute approximate surface area is 100.0 Å². The predicted octanol–water partition coefficient (Wildman–Crippen LogP) is 0.852. The van der Waals surface area contributed by atoms with Crippen molar-refractivity contribution in [2.75, 3.05) is 5.73 Å². The second-order valence-electron chi connectivity index (χ2n) is 3.16. The third-order valence-electron chi connectivity index (χ3n) is 1.99. The first kappa shape index (κ1) is 11.3. The second-order valence-corrected chi connectivity index (χ2v) is 4.21. The number of aromatic nitrogens is 4. The summed E-state index contributed by atoms with van der Waals surface area (Å²) in [6.07, 6.45) is 0. The number of nitrogens with two attached hydrogens (primary N) is 1. The van der Waals surface area contributed by atoms with Crippen molar-refractivity contribution >= 4 is 23.1 Å². The van der Waals surface area contributed by atoms with Crippen molar-refractivity contribution < 1.29 is 4.92 Å². The molecule has 2 aromatic rings. The van der Waals surface area contributed by atoms with Gasteiger partial charge in [-0.25, -0.2) is 4.68 Å². The van der Waals surface area contributed by atoms with E-state index in [0.29, 0.717) is 5.16 Å². The summed E-state index contributed by atoms with van der Waals surface area (Å²) >= 11 is 1.28. The van der Waals surface area contributed by atoms with Crippen LogP contribution in [0.25, 0.3) is 0 Å². The van der Waals surface area contributed by atoms with Crippen molar-refractivity contribution in [3.8, 4) is 0 Å². The standard InChI is InChI=1S/C8H8N6O2S/c1-13-8(10-11-12-13)17-5-2-3-7(14(15)16)6(9)4-5/h2-4H,9H2,1H3. The van der Waals surface area contributed by atoms with E-state index in [9.17, 15) is 10.1 Å². The molecule has 0 aliphatic rings. The molecule has 88 valence electrons. The number of anilines is 1. The van der Waals surface area contributed by atoms with Gasteiger partial charge in [0.1, 0.15) is 5.69 Å². The van der Waals surface area contributed by atoms with E-state index in [4.69, 9.17) is 5.73 Å². The Balaban J connectivity index is 2.27. The topological polar surface area (TPSA) is 113 Å². The highest BCUT2D eigenvalue weighted by atomic mass is 32.2. The van der Waals surface area contributed by atoms with Gasteiger partial charge >= 0.3 is 0 Å². The van der Waals surface area contributed by atoms with E-state index in [1.54, 1.807) is 13.1 Å². The maximum Gasteiger partial charge on any atom is 0.292 e. The summed E-state index contributed by atoms with van der Waals surface area (Å²) in [6.45, 7) is 0. The van der Waals surface area contributed by atoms with Gasteiger partial charge in [-0.05, 0) is 34.3 Å². The molecule has 1 heterocycles. The molecule has 0 amide bonds. The Bertz CT molecular complexity index is 569. The van der Waals surface area contributed by atoms with Crippen molar-refractivity contribution in [1.29, 1.82) is 0 Å². The molecule has 17 heavy (non-hydrogen) atoms. The largest absolute Gasteiger partial charge is 0.393 e. The molecule has 0 saturated heterocycles. The number of nitro groups is 1. The van der Waals surface area contributed by atoms with E-state index in [0.717, 1.165) is 4.90 Å². The van der Waals surface area contributed by atoms with E-state index < -0.39 is 4.92 Å². The molecule has 0 saturated carbocycles. The lowest BCUT2D eigenvalue weighted by Crippen LogP contribution is -1.96. The maximum absolute atomic E-state index is 10.6. The molecule has 0 spiro atoms. The molecule has 0 unspecified atom stereocenters. The minimum Gasteiger partial charge on any atom is -0.393 e. The minimum atomic E-state index is -0.520. The van der Waals surface area contributed by atoms with Crippen LogP contribution in [0.1, 0.15) is 0 Å². The Morgan fingerprint density at radius 2 is 2.29 bits per heavy atom. The van der Waals surface area contributed by atoms with Crippen LogP contribution < -0.4 is 5.73 Å². The van der Waals surface area contributed by atoms with E-state index in [2.05, 4.69) is 15.5 Å². The normalized spacial score (nSPS) is 10.4. The number of nitro benzene ring substituents is 1. The van der Waals surface area contributed by atoms with Crippen LogP contribution in [0.15, 0.2) is 28.3 Å². The fourth-order valence-corrected chi connectivity index (χ4v) is 1.95. The summed E-state index contributed by atoms with van der Waals surface area (Å²) in [5.74, 6) is 0. The zero-order valence-corrected chi connectivity index (χ0v) is 9.59. The zero-order valence-electron chi connectivity index (χ0n) is 8.77. The smallest absolute Gasteiger partial charge is 0.292 e. The molecule has 0 radical (unpaired) electrons. The van der Waals surface area contributed by atoms with E-state index in [-0.39, 0.29) is 11.4 Å². The van der Waals surface area contributed by atoms with Crippen LogP contribution in [-0.4, -0.2) is 25.1 Å². The van der Waals surface area contributed by atoms with Crippen LogP contribution in [0.5, 0.6) is 0 Å². The highest BCUT2D eigenvalue weighted by Gasteiger charge is 2.12. The molecule has 2 rings (SSSR count). The molecule has 2 N–H and O–H groups in total. The van der Waals surface area contributed by atoms with Gasteiger partial charge in [-0.1, -0.05) is 0 Å². The molecular weight excluding hydrogens is 244 g/mol. The Morgan fingerprint density at radius 3 is 2.82 bits per heavy atom. The van der Waals surface area contributed by atoms with Crippen molar-refractivity contribution in [2.24, 2.45) is 7.05 Å². The highest BCUT2D eigenvalue weighted by Crippen LogP contribution is 2.30. The van der Waals surface area contributed by atoms with Gasteiger partial charge in [-0.3, -0.25) is 10.1 Å². The summed E-state index contributed by atoms with van der Waals surface area (Å²) in [5, 5.41) is 22.1. The van der Waals surface area contributed by atoms with Crippen LogP contribution in [0.4, 0.5) is 11.4 Å². The highest BCUT2D eigenvalue weighted by molar-refractivity contribution is 7.99. The lowest BCUT2D eigenvalue weighted by Gasteiger charge is -2.01. The summed E-state index contributed by atoms with van der Waals surface area (Å²) < 4.78 is 1.50. The lowest BCUT2D eigenvalue weighted by molar-refractivity contribution is -0.383. The van der Waals surface area contributed by atoms with Gasteiger partial charge in [-0.15, -0.1) is 5.10 Å². The van der Waals surface area contributed by atoms with Crippen molar-refractivity contribution in [1.82, 2.24) is 20.2 Å². The molecule has 9 heteroatoms. The Morgan fingerprint density at radius 1 is 1.53 bits per heavy atom. The molecule has 0 bridgehead atoms. The summed E-state index contributed by atoms with van der Waals surface area (Å²) in [7, 11) is 1.71. The fraction of sp³-hybridized carbons (Fsp3) is 0.125. The molecular formula is C8H8N6O2S. The number of hydrogen-bond acceptors (Lipinski definition) is 7. The van der Waals surface area contributed by atoms with E-state index in [1.807, 2.05) is 0 Å². The molecule has 0 fully saturated rings. The van der Waals surface area contributed by atoms with Crippen LogP contribution in [0, 0.1) is 10.1 Å². The average molecular weight is 252 g/mol. The summed E-state index contributed by atoms with van der Waals surface area (Å²) in [5.41, 5.74) is 5.59. The lowest BCUT2D eigenvalue weighted by atomic mass is 10.3. The second kappa shape index (κ2) is 4.37. The Hall–Kier alpha value is -2.16. The van der Waals surface area contributed by atoms with Gasteiger partial charge in [0.05, 0.1) is 4.92 Å². The van der Waals surface area contributed by atoms with Crippen molar-refractivity contribution in [2.45, 2.75) is 10.1 Å². The zero-order chi connectivity index (χ0) is 12.4. The number of rotatable bonds is 3. The van der Waals surface area contributed by atoms with Gasteiger partial charge in [-0.2, -0.15) is 0 Å².